The Bertz CT molecular complexity index is 630. The molecule has 0 saturated carbocycles. The Kier molecular flexibility index (Phi) is 3.75. The Labute approximate surface area is 110 Å². The number of rotatable bonds is 4. The van der Waals surface area contributed by atoms with Gasteiger partial charge in [0.25, 0.3) is 0 Å². The van der Waals surface area contributed by atoms with Crippen LogP contribution in [-0.2, 0) is 0 Å². The molecule has 0 aliphatic rings. The molecule has 0 saturated heterocycles. The molecule has 2 rings (SSSR count). The fourth-order valence-electron chi connectivity index (χ4n) is 1.75. The first kappa shape index (κ1) is 13.0. The molecule has 0 amide bonds. The van der Waals surface area contributed by atoms with Gasteiger partial charge in [0.15, 0.2) is 16.9 Å². The SMILES string of the molecule is COc1cc(OC)c(-c2cc(=O)cco2)cc1OC. The fourth-order valence-corrected chi connectivity index (χ4v) is 1.75. The smallest absolute Gasteiger partial charge is 0.185 e. The summed E-state index contributed by atoms with van der Waals surface area (Å²) in [5, 5.41) is 0. The summed E-state index contributed by atoms with van der Waals surface area (Å²) in [6, 6.07) is 6.12. The molecule has 0 bridgehead atoms. The van der Waals surface area contributed by atoms with E-state index in [1.807, 2.05) is 0 Å². The van der Waals surface area contributed by atoms with Gasteiger partial charge in [-0.3, -0.25) is 4.79 Å². The minimum Gasteiger partial charge on any atom is -0.496 e. The second-order valence-electron chi connectivity index (χ2n) is 3.74. The first-order valence-corrected chi connectivity index (χ1v) is 5.59. The maximum absolute atomic E-state index is 11.4. The molecule has 0 radical (unpaired) electrons. The molecule has 100 valence electrons. The third-order valence-electron chi connectivity index (χ3n) is 2.67. The van der Waals surface area contributed by atoms with Crippen LogP contribution in [0.2, 0.25) is 0 Å². The van der Waals surface area contributed by atoms with Crippen molar-refractivity contribution < 1.29 is 18.6 Å². The summed E-state index contributed by atoms with van der Waals surface area (Å²) in [5.74, 6) is 2.02. The summed E-state index contributed by atoms with van der Waals surface area (Å²) >= 11 is 0. The van der Waals surface area contributed by atoms with Crippen LogP contribution < -0.4 is 19.6 Å². The van der Waals surface area contributed by atoms with Gasteiger partial charge in [0.05, 0.1) is 33.2 Å². The zero-order valence-corrected chi connectivity index (χ0v) is 10.9. The van der Waals surface area contributed by atoms with Crippen LogP contribution >= 0.6 is 0 Å². The molecule has 0 unspecified atom stereocenters. The van der Waals surface area contributed by atoms with Crippen LogP contribution in [0.3, 0.4) is 0 Å². The van der Waals surface area contributed by atoms with E-state index in [0.717, 1.165) is 0 Å². The molecule has 5 nitrogen and oxygen atoms in total. The predicted octanol–water partition coefficient (Wildman–Crippen LogP) is 2.33. The van der Waals surface area contributed by atoms with E-state index >= 15 is 0 Å². The lowest BCUT2D eigenvalue weighted by Gasteiger charge is -2.13. The largest absolute Gasteiger partial charge is 0.496 e. The van der Waals surface area contributed by atoms with Gasteiger partial charge in [0.2, 0.25) is 0 Å². The number of hydrogen-bond donors (Lipinski definition) is 0. The molecule has 0 spiro atoms. The number of ether oxygens (including phenoxy) is 3. The van der Waals surface area contributed by atoms with E-state index in [4.69, 9.17) is 18.6 Å². The summed E-state index contributed by atoms with van der Waals surface area (Å²) in [4.78, 5) is 11.4. The molecule has 5 heteroatoms. The van der Waals surface area contributed by atoms with E-state index in [9.17, 15) is 4.79 Å². The maximum Gasteiger partial charge on any atom is 0.185 e. The van der Waals surface area contributed by atoms with Crippen LogP contribution in [0.5, 0.6) is 17.2 Å². The Morgan fingerprint density at radius 1 is 0.895 bits per heavy atom. The van der Waals surface area contributed by atoms with Crippen LogP contribution in [0, 0.1) is 0 Å². The number of hydrogen-bond acceptors (Lipinski definition) is 5. The Morgan fingerprint density at radius 2 is 1.53 bits per heavy atom. The Morgan fingerprint density at radius 3 is 2.11 bits per heavy atom. The van der Waals surface area contributed by atoms with Crippen molar-refractivity contribution in [2.75, 3.05) is 21.3 Å². The topological polar surface area (TPSA) is 57.9 Å². The van der Waals surface area contributed by atoms with Crippen molar-refractivity contribution >= 4 is 0 Å². The highest BCUT2D eigenvalue weighted by Gasteiger charge is 2.15. The van der Waals surface area contributed by atoms with Crippen LogP contribution in [0.25, 0.3) is 11.3 Å². The lowest BCUT2D eigenvalue weighted by atomic mass is 10.1. The van der Waals surface area contributed by atoms with E-state index < -0.39 is 0 Å². The minimum atomic E-state index is -0.141. The maximum atomic E-state index is 11.4. The van der Waals surface area contributed by atoms with Gasteiger partial charge in [-0.05, 0) is 6.07 Å². The molecule has 1 aromatic heterocycles. The molecule has 0 aliphatic carbocycles. The molecular weight excluding hydrogens is 248 g/mol. The van der Waals surface area contributed by atoms with Gasteiger partial charge in [-0.2, -0.15) is 0 Å². The third-order valence-corrected chi connectivity index (χ3v) is 2.67. The van der Waals surface area contributed by atoms with Gasteiger partial charge < -0.3 is 18.6 Å². The Hall–Kier alpha value is -2.43. The number of benzene rings is 1. The highest BCUT2D eigenvalue weighted by Crippen LogP contribution is 2.39. The normalized spacial score (nSPS) is 10.1. The summed E-state index contributed by atoms with van der Waals surface area (Å²) in [6.45, 7) is 0. The van der Waals surface area contributed by atoms with E-state index in [0.29, 0.717) is 28.6 Å². The fraction of sp³-hybridized carbons (Fsp3) is 0.214. The van der Waals surface area contributed by atoms with Crippen LogP contribution in [0.1, 0.15) is 0 Å². The highest BCUT2D eigenvalue weighted by molar-refractivity contribution is 5.70. The van der Waals surface area contributed by atoms with E-state index in [2.05, 4.69) is 0 Å². The quantitative estimate of drug-likeness (QED) is 0.846. The van der Waals surface area contributed by atoms with Crippen molar-refractivity contribution in [1.82, 2.24) is 0 Å². The Balaban J connectivity index is 2.64. The highest BCUT2D eigenvalue weighted by atomic mass is 16.5. The molecule has 0 aliphatic heterocycles. The van der Waals surface area contributed by atoms with Gasteiger partial charge in [-0.15, -0.1) is 0 Å². The van der Waals surface area contributed by atoms with E-state index in [1.54, 1.807) is 19.2 Å². The molecule has 19 heavy (non-hydrogen) atoms. The molecule has 0 fully saturated rings. The monoisotopic (exact) mass is 262 g/mol. The second kappa shape index (κ2) is 5.48. The summed E-state index contributed by atoms with van der Waals surface area (Å²) < 4.78 is 21.0. The lowest BCUT2D eigenvalue weighted by Crippen LogP contribution is -1.98. The van der Waals surface area contributed by atoms with Crippen molar-refractivity contribution in [3.8, 4) is 28.6 Å². The number of methoxy groups -OCH3 is 3. The van der Waals surface area contributed by atoms with Crippen molar-refractivity contribution in [1.29, 1.82) is 0 Å². The average Bonchev–Trinajstić information content (AvgIpc) is 2.45. The first-order chi connectivity index (χ1) is 9.19. The van der Waals surface area contributed by atoms with Crippen molar-refractivity contribution in [2.24, 2.45) is 0 Å². The van der Waals surface area contributed by atoms with Gasteiger partial charge in [-0.25, -0.2) is 0 Å². The second-order valence-corrected chi connectivity index (χ2v) is 3.74. The van der Waals surface area contributed by atoms with Crippen LogP contribution in [0.15, 0.2) is 39.7 Å². The standard InChI is InChI=1S/C14H14O5/c1-16-11-8-14(18-3)13(17-2)7-10(11)12-6-9(15)4-5-19-12/h4-8H,1-3H3. The molecule has 1 heterocycles. The van der Waals surface area contributed by atoms with Gasteiger partial charge in [0, 0.05) is 18.2 Å². The van der Waals surface area contributed by atoms with Crippen LogP contribution in [-0.4, -0.2) is 21.3 Å². The predicted molar refractivity (Wildman–Crippen MR) is 70.1 cm³/mol. The van der Waals surface area contributed by atoms with E-state index in [-0.39, 0.29) is 5.43 Å². The van der Waals surface area contributed by atoms with Gasteiger partial charge in [-0.1, -0.05) is 0 Å². The average molecular weight is 262 g/mol. The molecule has 1 aromatic carbocycles. The van der Waals surface area contributed by atoms with Gasteiger partial charge >= 0.3 is 0 Å². The summed E-state index contributed by atoms with van der Waals surface area (Å²) in [7, 11) is 4.61. The summed E-state index contributed by atoms with van der Waals surface area (Å²) in [5.41, 5.74) is 0.482. The molecule has 0 N–H and O–H groups in total. The van der Waals surface area contributed by atoms with Crippen molar-refractivity contribution in [3.05, 3.63) is 40.8 Å². The van der Waals surface area contributed by atoms with Crippen LogP contribution in [0.4, 0.5) is 0 Å². The van der Waals surface area contributed by atoms with Crippen molar-refractivity contribution in [3.63, 3.8) is 0 Å². The third kappa shape index (κ3) is 2.54. The molecular formula is C14H14O5. The molecule has 2 aromatic rings. The zero-order chi connectivity index (χ0) is 13.8. The lowest BCUT2D eigenvalue weighted by molar-refractivity contribution is 0.349. The minimum absolute atomic E-state index is 0.141. The summed E-state index contributed by atoms with van der Waals surface area (Å²) in [6.07, 6.45) is 1.34. The zero-order valence-electron chi connectivity index (χ0n) is 10.9. The van der Waals surface area contributed by atoms with E-state index in [1.165, 1.54) is 32.6 Å². The van der Waals surface area contributed by atoms with Gasteiger partial charge in [0.1, 0.15) is 11.5 Å². The molecule has 0 atom stereocenters. The first-order valence-electron chi connectivity index (χ1n) is 5.59. The van der Waals surface area contributed by atoms with Crippen molar-refractivity contribution in [2.45, 2.75) is 0 Å².